The normalized spacial score (nSPS) is 11.5. The van der Waals surface area contributed by atoms with Gasteiger partial charge in [-0.3, -0.25) is 4.79 Å². The molecule has 0 aromatic carbocycles. The number of aliphatic carboxylic acids is 1. The summed E-state index contributed by atoms with van der Waals surface area (Å²) in [6, 6.07) is 3.35. The first-order chi connectivity index (χ1) is 5.04. The van der Waals surface area contributed by atoms with Gasteiger partial charge in [-0.15, -0.1) is 0 Å². The SMILES string of the molecule is CC[Si](C)(CC)CCC(=O)O. The van der Waals surface area contributed by atoms with E-state index in [0.29, 0.717) is 6.42 Å². The van der Waals surface area contributed by atoms with Crippen molar-refractivity contribution < 1.29 is 9.90 Å². The van der Waals surface area contributed by atoms with Crippen LogP contribution in [0.1, 0.15) is 20.3 Å². The Morgan fingerprint density at radius 1 is 1.36 bits per heavy atom. The van der Waals surface area contributed by atoms with Gasteiger partial charge in [0.1, 0.15) is 0 Å². The van der Waals surface area contributed by atoms with E-state index in [4.69, 9.17) is 5.11 Å². The lowest BCUT2D eigenvalue weighted by Crippen LogP contribution is -2.28. The third-order valence-corrected chi connectivity index (χ3v) is 7.52. The van der Waals surface area contributed by atoms with Crippen LogP contribution in [0.2, 0.25) is 24.7 Å². The first kappa shape index (κ1) is 10.7. The van der Waals surface area contributed by atoms with E-state index in [1.807, 2.05) is 0 Å². The minimum atomic E-state index is -1.14. The highest BCUT2D eigenvalue weighted by atomic mass is 28.3. The van der Waals surface area contributed by atoms with E-state index in [9.17, 15) is 4.79 Å². The van der Waals surface area contributed by atoms with Gasteiger partial charge < -0.3 is 5.11 Å². The van der Waals surface area contributed by atoms with E-state index >= 15 is 0 Å². The summed E-state index contributed by atoms with van der Waals surface area (Å²) in [7, 11) is -1.14. The molecule has 0 heterocycles. The lowest BCUT2D eigenvalue weighted by atomic mass is 10.5. The second-order valence-corrected chi connectivity index (χ2v) is 8.95. The van der Waals surface area contributed by atoms with Crippen molar-refractivity contribution in [2.24, 2.45) is 0 Å². The van der Waals surface area contributed by atoms with Gasteiger partial charge in [0.15, 0.2) is 0 Å². The van der Waals surface area contributed by atoms with Gasteiger partial charge in [-0.1, -0.05) is 32.5 Å². The highest BCUT2D eigenvalue weighted by molar-refractivity contribution is 6.78. The standard InChI is InChI=1S/C8H18O2Si/c1-4-11(3,5-2)7-6-8(9)10/h4-7H2,1-3H3,(H,9,10). The van der Waals surface area contributed by atoms with E-state index in [-0.39, 0.29) is 0 Å². The molecule has 0 aliphatic carbocycles. The number of hydrogen-bond acceptors (Lipinski definition) is 1. The maximum Gasteiger partial charge on any atom is 0.303 e. The molecule has 0 saturated carbocycles. The smallest absolute Gasteiger partial charge is 0.303 e. The fourth-order valence-corrected chi connectivity index (χ4v) is 3.04. The van der Waals surface area contributed by atoms with Crippen LogP contribution in [-0.2, 0) is 4.79 Å². The quantitative estimate of drug-likeness (QED) is 0.650. The van der Waals surface area contributed by atoms with Crippen molar-refractivity contribution in [2.75, 3.05) is 0 Å². The van der Waals surface area contributed by atoms with Gasteiger partial charge in [-0.05, 0) is 6.04 Å². The van der Waals surface area contributed by atoms with Crippen molar-refractivity contribution in [1.82, 2.24) is 0 Å². The van der Waals surface area contributed by atoms with Crippen LogP contribution in [0.3, 0.4) is 0 Å². The van der Waals surface area contributed by atoms with Crippen LogP contribution in [0.15, 0.2) is 0 Å². The van der Waals surface area contributed by atoms with E-state index in [0.717, 1.165) is 6.04 Å². The summed E-state index contributed by atoms with van der Waals surface area (Å²) in [5.41, 5.74) is 0. The molecule has 0 aromatic rings. The van der Waals surface area contributed by atoms with Crippen LogP contribution >= 0.6 is 0 Å². The zero-order valence-corrected chi connectivity index (χ0v) is 8.68. The summed E-state index contributed by atoms with van der Waals surface area (Å²) in [4.78, 5) is 10.3. The minimum Gasteiger partial charge on any atom is -0.481 e. The van der Waals surface area contributed by atoms with Gasteiger partial charge in [-0.25, -0.2) is 0 Å². The molecule has 66 valence electrons. The van der Waals surface area contributed by atoms with Crippen LogP contribution in [0.5, 0.6) is 0 Å². The summed E-state index contributed by atoms with van der Waals surface area (Å²) in [5, 5.41) is 8.49. The van der Waals surface area contributed by atoms with Crippen molar-refractivity contribution in [3.8, 4) is 0 Å². The Balaban J connectivity index is 3.78. The van der Waals surface area contributed by atoms with Gasteiger partial charge in [0.05, 0.1) is 8.07 Å². The Labute approximate surface area is 69.6 Å². The van der Waals surface area contributed by atoms with Crippen molar-refractivity contribution in [1.29, 1.82) is 0 Å². The van der Waals surface area contributed by atoms with Crippen molar-refractivity contribution in [3.05, 3.63) is 0 Å². The van der Waals surface area contributed by atoms with Gasteiger partial charge in [-0.2, -0.15) is 0 Å². The fraction of sp³-hybridized carbons (Fsp3) is 0.875. The number of carboxylic acid groups (broad SMARTS) is 1. The van der Waals surface area contributed by atoms with Gasteiger partial charge in [0.2, 0.25) is 0 Å². The highest BCUT2D eigenvalue weighted by Gasteiger charge is 2.22. The van der Waals surface area contributed by atoms with Gasteiger partial charge in [0.25, 0.3) is 0 Å². The first-order valence-electron chi connectivity index (χ1n) is 4.26. The predicted octanol–water partition coefficient (Wildman–Crippen LogP) is 2.58. The maximum absolute atomic E-state index is 10.3. The van der Waals surface area contributed by atoms with Crippen LogP contribution < -0.4 is 0 Å². The van der Waals surface area contributed by atoms with Gasteiger partial charge in [0, 0.05) is 6.42 Å². The van der Waals surface area contributed by atoms with E-state index < -0.39 is 14.0 Å². The minimum absolute atomic E-state index is 0.365. The fourth-order valence-electron chi connectivity index (χ4n) is 1.01. The van der Waals surface area contributed by atoms with E-state index in [1.54, 1.807) is 0 Å². The molecule has 0 fully saturated rings. The Morgan fingerprint density at radius 2 is 1.82 bits per heavy atom. The Kier molecular flexibility index (Phi) is 4.41. The topological polar surface area (TPSA) is 37.3 Å². The molecule has 0 radical (unpaired) electrons. The second kappa shape index (κ2) is 4.54. The Bertz CT molecular complexity index is 130. The number of hydrogen-bond donors (Lipinski definition) is 1. The number of carbonyl (C=O) groups is 1. The van der Waals surface area contributed by atoms with Crippen LogP contribution in [0.25, 0.3) is 0 Å². The molecule has 3 heteroatoms. The zero-order chi connectivity index (χ0) is 8.91. The molecular weight excluding hydrogens is 156 g/mol. The average Bonchev–Trinajstić information content (AvgIpc) is 2.00. The lowest BCUT2D eigenvalue weighted by molar-refractivity contribution is -0.136. The van der Waals surface area contributed by atoms with Gasteiger partial charge >= 0.3 is 5.97 Å². The molecule has 0 rings (SSSR count). The summed E-state index contributed by atoms with van der Waals surface area (Å²) in [5.74, 6) is -0.648. The number of carboxylic acids is 1. The van der Waals surface area contributed by atoms with E-state index in [2.05, 4.69) is 20.4 Å². The summed E-state index contributed by atoms with van der Waals surface area (Å²) < 4.78 is 0. The molecule has 0 aliphatic rings. The Hall–Kier alpha value is -0.313. The van der Waals surface area contributed by atoms with Crippen molar-refractivity contribution in [3.63, 3.8) is 0 Å². The molecule has 0 spiro atoms. The number of rotatable bonds is 5. The summed E-state index contributed by atoms with van der Waals surface area (Å²) in [6.07, 6.45) is 0.365. The zero-order valence-electron chi connectivity index (χ0n) is 7.68. The van der Waals surface area contributed by atoms with Crippen molar-refractivity contribution >= 4 is 14.0 Å². The van der Waals surface area contributed by atoms with Crippen LogP contribution in [0.4, 0.5) is 0 Å². The molecular formula is C8H18O2Si. The summed E-state index contributed by atoms with van der Waals surface area (Å²) in [6.45, 7) is 6.64. The second-order valence-electron chi connectivity index (χ2n) is 3.41. The first-order valence-corrected chi connectivity index (χ1v) is 7.38. The molecule has 0 aromatic heterocycles. The van der Waals surface area contributed by atoms with Crippen LogP contribution in [-0.4, -0.2) is 19.1 Å². The third kappa shape index (κ3) is 4.19. The molecule has 2 nitrogen and oxygen atoms in total. The molecule has 11 heavy (non-hydrogen) atoms. The largest absolute Gasteiger partial charge is 0.481 e. The predicted molar refractivity (Wildman–Crippen MR) is 49.6 cm³/mol. The molecule has 0 bridgehead atoms. The van der Waals surface area contributed by atoms with Crippen LogP contribution in [0, 0.1) is 0 Å². The van der Waals surface area contributed by atoms with E-state index in [1.165, 1.54) is 12.1 Å². The molecule has 0 amide bonds. The molecule has 1 N–H and O–H groups in total. The average molecular weight is 174 g/mol. The molecule has 0 unspecified atom stereocenters. The highest BCUT2D eigenvalue weighted by Crippen LogP contribution is 2.21. The monoisotopic (exact) mass is 174 g/mol. The molecule has 0 aliphatic heterocycles. The maximum atomic E-state index is 10.3. The Morgan fingerprint density at radius 3 is 2.09 bits per heavy atom. The molecule has 0 saturated heterocycles. The molecule has 0 atom stereocenters. The summed E-state index contributed by atoms with van der Waals surface area (Å²) >= 11 is 0. The lowest BCUT2D eigenvalue weighted by Gasteiger charge is -2.22. The third-order valence-electron chi connectivity index (χ3n) is 2.65. The van der Waals surface area contributed by atoms with Crippen molar-refractivity contribution in [2.45, 2.75) is 44.9 Å².